The van der Waals surface area contributed by atoms with Gasteiger partial charge in [-0.05, 0) is 42.4 Å². The molecule has 5 heteroatoms. The van der Waals surface area contributed by atoms with Gasteiger partial charge in [-0.3, -0.25) is 9.59 Å². The van der Waals surface area contributed by atoms with Crippen molar-refractivity contribution in [1.29, 1.82) is 0 Å². The monoisotopic (exact) mass is 425 g/mol. The van der Waals surface area contributed by atoms with Crippen LogP contribution >= 0.6 is 0 Å². The predicted octanol–water partition coefficient (Wildman–Crippen LogP) is 3.98. The van der Waals surface area contributed by atoms with Crippen LogP contribution in [-0.2, 0) is 16.0 Å². The lowest BCUT2D eigenvalue weighted by Gasteiger charge is -2.24. The number of nitrogens with one attached hydrogen (secondary N) is 2. The molecule has 0 fully saturated rings. The van der Waals surface area contributed by atoms with Crippen LogP contribution in [0.25, 0.3) is 5.57 Å². The summed E-state index contributed by atoms with van der Waals surface area (Å²) in [5.74, 6) is 0.356. The van der Waals surface area contributed by atoms with E-state index >= 15 is 0 Å². The molecule has 2 rings (SSSR count). The maximum atomic E-state index is 13.4. The average Bonchev–Trinajstić information content (AvgIpc) is 3.11. The van der Waals surface area contributed by atoms with Crippen LogP contribution < -0.4 is 16.4 Å². The van der Waals surface area contributed by atoms with Gasteiger partial charge < -0.3 is 16.4 Å². The molecule has 170 valence electrons. The lowest BCUT2D eigenvalue weighted by Crippen LogP contribution is -2.42. The number of hydrogen-bond acceptors (Lipinski definition) is 5. The van der Waals surface area contributed by atoms with Gasteiger partial charge in [-0.25, -0.2) is 0 Å². The second kappa shape index (κ2) is 11.8. The first kappa shape index (κ1) is 24.9. The Morgan fingerprint density at radius 1 is 1.16 bits per heavy atom. The van der Waals surface area contributed by atoms with Crippen molar-refractivity contribution in [2.24, 2.45) is 17.6 Å². The van der Waals surface area contributed by atoms with Gasteiger partial charge in [0.25, 0.3) is 0 Å². The van der Waals surface area contributed by atoms with Crippen LogP contribution in [0.5, 0.6) is 0 Å². The van der Waals surface area contributed by atoms with Gasteiger partial charge in [-0.1, -0.05) is 64.6 Å². The molecule has 4 N–H and O–H groups in total. The molecule has 2 atom stereocenters. The molecule has 1 aromatic carbocycles. The van der Waals surface area contributed by atoms with E-state index in [1.54, 1.807) is 0 Å². The van der Waals surface area contributed by atoms with E-state index in [1.165, 1.54) is 16.7 Å². The Morgan fingerprint density at radius 2 is 1.87 bits per heavy atom. The molecule has 1 aromatic rings. The summed E-state index contributed by atoms with van der Waals surface area (Å²) < 4.78 is 0. The minimum absolute atomic E-state index is 0.0869. The van der Waals surface area contributed by atoms with Crippen LogP contribution in [0, 0.1) is 11.8 Å². The van der Waals surface area contributed by atoms with E-state index in [0.29, 0.717) is 25.2 Å². The van der Waals surface area contributed by atoms with Gasteiger partial charge in [0, 0.05) is 30.8 Å². The molecule has 0 spiro atoms. The van der Waals surface area contributed by atoms with E-state index in [2.05, 4.69) is 55.3 Å². The molecular formula is C26H39N3O2. The molecule has 0 saturated heterocycles. The van der Waals surface area contributed by atoms with Crippen LogP contribution in [0.4, 0.5) is 0 Å². The first-order valence-electron chi connectivity index (χ1n) is 11.5. The zero-order valence-electron chi connectivity index (χ0n) is 19.5. The quantitative estimate of drug-likeness (QED) is 0.393. The Labute approximate surface area is 187 Å². The number of benzene rings is 1. The number of allylic oxidation sites excluding steroid dienone is 1. The molecule has 0 aliphatic heterocycles. The SMILES string of the molecule is C=C(N)NCCC[C@H](CC(=O)[C@H](CC1=CCc2ccccc21)NC(C)C)C(=O)C(C)C. The summed E-state index contributed by atoms with van der Waals surface area (Å²) in [4.78, 5) is 26.2. The first-order valence-corrected chi connectivity index (χ1v) is 11.5. The number of hydrogen-bond donors (Lipinski definition) is 3. The van der Waals surface area contributed by atoms with E-state index in [1.807, 2.05) is 19.9 Å². The summed E-state index contributed by atoms with van der Waals surface area (Å²) in [6, 6.07) is 8.28. The van der Waals surface area contributed by atoms with Crippen LogP contribution in [0.15, 0.2) is 42.7 Å². The van der Waals surface area contributed by atoms with Gasteiger partial charge >= 0.3 is 0 Å². The van der Waals surface area contributed by atoms with Crippen LogP contribution in [0.1, 0.15) is 64.5 Å². The van der Waals surface area contributed by atoms with Gasteiger partial charge in [0.15, 0.2) is 5.78 Å². The molecule has 0 amide bonds. The Balaban J connectivity index is 2.08. The third-order valence-electron chi connectivity index (χ3n) is 5.78. The fraction of sp³-hybridized carbons (Fsp3) is 0.538. The number of rotatable bonds is 14. The second-order valence-electron chi connectivity index (χ2n) is 9.19. The lowest BCUT2D eigenvalue weighted by molar-refractivity contribution is -0.131. The van der Waals surface area contributed by atoms with Gasteiger partial charge in [0.1, 0.15) is 5.78 Å². The molecular weight excluding hydrogens is 386 g/mol. The number of fused-ring (bicyclic) bond motifs is 1. The van der Waals surface area contributed by atoms with Crippen molar-refractivity contribution in [1.82, 2.24) is 10.6 Å². The summed E-state index contributed by atoms with van der Waals surface area (Å²) in [5.41, 5.74) is 9.34. The lowest BCUT2D eigenvalue weighted by atomic mass is 9.84. The van der Waals surface area contributed by atoms with Gasteiger partial charge in [-0.15, -0.1) is 0 Å². The molecule has 1 aliphatic carbocycles. The largest absolute Gasteiger partial charge is 0.386 e. The molecule has 0 aromatic heterocycles. The first-order chi connectivity index (χ1) is 14.7. The third-order valence-corrected chi connectivity index (χ3v) is 5.78. The number of carbonyl (C=O) groups excluding carboxylic acids is 2. The Bertz CT molecular complexity index is 811. The van der Waals surface area contributed by atoms with Crippen molar-refractivity contribution in [2.45, 2.75) is 71.9 Å². The number of carbonyl (C=O) groups is 2. The Morgan fingerprint density at radius 3 is 2.52 bits per heavy atom. The van der Waals surface area contributed by atoms with Crippen molar-refractivity contribution in [3.63, 3.8) is 0 Å². The van der Waals surface area contributed by atoms with Crippen molar-refractivity contribution in [3.05, 3.63) is 53.9 Å². The van der Waals surface area contributed by atoms with Crippen molar-refractivity contribution in [2.75, 3.05) is 6.54 Å². The zero-order valence-corrected chi connectivity index (χ0v) is 19.5. The van der Waals surface area contributed by atoms with Gasteiger partial charge in [0.2, 0.25) is 0 Å². The van der Waals surface area contributed by atoms with E-state index in [4.69, 9.17) is 5.73 Å². The van der Waals surface area contributed by atoms with Crippen LogP contribution in [0.2, 0.25) is 0 Å². The molecule has 0 unspecified atom stereocenters. The molecule has 5 nitrogen and oxygen atoms in total. The smallest absolute Gasteiger partial charge is 0.150 e. The molecule has 0 saturated carbocycles. The summed E-state index contributed by atoms with van der Waals surface area (Å²) in [7, 11) is 0. The van der Waals surface area contributed by atoms with Crippen molar-refractivity contribution < 1.29 is 9.59 Å². The minimum Gasteiger partial charge on any atom is -0.386 e. The normalized spacial score (nSPS) is 14.8. The van der Waals surface area contributed by atoms with E-state index in [-0.39, 0.29) is 41.9 Å². The number of ketones is 2. The highest BCUT2D eigenvalue weighted by Gasteiger charge is 2.29. The number of Topliss-reactive ketones (excluding diaryl/α,β-unsaturated/α-hetero) is 2. The van der Waals surface area contributed by atoms with E-state index in [9.17, 15) is 9.59 Å². The van der Waals surface area contributed by atoms with E-state index < -0.39 is 0 Å². The molecule has 0 heterocycles. The molecule has 0 bridgehead atoms. The summed E-state index contributed by atoms with van der Waals surface area (Å²) >= 11 is 0. The summed E-state index contributed by atoms with van der Waals surface area (Å²) in [5, 5.41) is 6.45. The minimum atomic E-state index is -0.290. The topological polar surface area (TPSA) is 84.2 Å². The third kappa shape index (κ3) is 7.66. The second-order valence-corrected chi connectivity index (χ2v) is 9.19. The molecule has 31 heavy (non-hydrogen) atoms. The summed E-state index contributed by atoms with van der Waals surface area (Å²) in [6.45, 7) is 12.2. The van der Waals surface area contributed by atoms with Crippen LogP contribution in [0.3, 0.4) is 0 Å². The van der Waals surface area contributed by atoms with Crippen LogP contribution in [-0.4, -0.2) is 30.2 Å². The van der Waals surface area contributed by atoms with Gasteiger partial charge in [-0.2, -0.15) is 0 Å². The maximum Gasteiger partial charge on any atom is 0.150 e. The van der Waals surface area contributed by atoms with Crippen molar-refractivity contribution >= 4 is 17.1 Å². The fourth-order valence-electron chi connectivity index (χ4n) is 4.23. The van der Waals surface area contributed by atoms with E-state index in [0.717, 1.165) is 12.8 Å². The van der Waals surface area contributed by atoms with Crippen molar-refractivity contribution in [3.8, 4) is 0 Å². The highest BCUT2D eigenvalue weighted by Crippen LogP contribution is 2.31. The number of nitrogens with two attached hydrogens (primary N) is 1. The fourth-order valence-corrected chi connectivity index (χ4v) is 4.23. The molecule has 1 aliphatic rings. The molecule has 0 radical (unpaired) electrons. The summed E-state index contributed by atoms with van der Waals surface area (Å²) in [6.07, 6.45) is 5.53. The predicted molar refractivity (Wildman–Crippen MR) is 128 cm³/mol. The zero-order chi connectivity index (χ0) is 23.0. The highest BCUT2D eigenvalue weighted by molar-refractivity contribution is 5.92. The average molecular weight is 426 g/mol. The van der Waals surface area contributed by atoms with Gasteiger partial charge in [0.05, 0.1) is 11.9 Å². The Kier molecular flexibility index (Phi) is 9.50. The Hall–Kier alpha value is -2.40. The maximum absolute atomic E-state index is 13.4. The standard InChI is InChI=1S/C26H39N3O2/c1-17(2)26(31)22(10-8-14-28-19(5)27)16-25(30)24(29-18(3)4)15-21-13-12-20-9-6-7-11-23(20)21/h6-7,9,11,13,17-18,22,24,28-29H,5,8,10,12,14-16,27H2,1-4H3/t22-,24+/m1/s1. The highest BCUT2D eigenvalue weighted by atomic mass is 16.1.